The van der Waals surface area contributed by atoms with Gasteiger partial charge in [0.1, 0.15) is 5.75 Å². The van der Waals surface area contributed by atoms with Crippen molar-refractivity contribution in [3.8, 4) is 5.75 Å². The van der Waals surface area contributed by atoms with Gasteiger partial charge in [0.15, 0.2) is 0 Å². The normalized spacial score (nSPS) is 10.4. The topological polar surface area (TPSA) is 38.5 Å². The van der Waals surface area contributed by atoms with Crippen LogP contribution in [-0.2, 0) is 13.0 Å². The van der Waals surface area contributed by atoms with Crippen LogP contribution in [0.4, 0.5) is 11.4 Å². The number of ether oxygens (including phenoxy) is 1. The molecule has 0 aromatic heterocycles. The maximum Gasteiger partial charge on any atom is 0.144 e. The number of anilines is 2. The molecule has 112 valence electrons. The van der Waals surface area contributed by atoms with Crippen molar-refractivity contribution in [3.63, 3.8) is 0 Å². The molecule has 0 amide bonds. The second kappa shape index (κ2) is 7.02. The van der Waals surface area contributed by atoms with Gasteiger partial charge in [-0.3, -0.25) is 0 Å². The Kier molecular flexibility index (Phi) is 5.09. The van der Waals surface area contributed by atoms with Gasteiger partial charge in [-0.2, -0.15) is 0 Å². The standard InChI is InChI=1S/C18H24N2O/c1-4-14-6-8-15(9-7-14)13-20(3)16-10-11-17(19)18(12-16)21-5-2/h6-12H,4-5,13,19H2,1-3H3. The van der Waals surface area contributed by atoms with Crippen molar-refractivity contribution in [2.45, 2.75) is 26.8 Å². The number of hydrogen-bond donors (Lipinski definition) is 1. The predicted molar refractivity (Wildman–Crippen MR) is 90.0 cm³/mol. The summed E-state index contributed by atoms with van der Waals surface area (Å²) in [6, 6.07) is 14.7. The highest BCUT2D eigenvalue weighted by atomic mass is 16.5. The summed E-state index contributed by atoms with van der Waals surface area (Å²) in [4.78, 5) is 2.20. The fraction of sp³-hybridized carbons (Fsp3) is 0.333. The van der Waals surface area contributed by atoms with Gasteiger partial charge in [0, 0.05) is 25.3 Å². The van der Waals surface area contributed by atoms with E-state index >= 15 is 0 Å². The van der Waals surface area contributed by atoms with Crippen LogP contribution in [0.2, 0.25) is 0 Å². The highest BCUT2D eigenvalue weighted by Gasteiger charge is 2.06. The Morgan fingerprint density at radius 3 is 2.29 bits per heavy atom. The lowest BCUT2D eigenvalue weighted by molar-refractivity contribution is 0.342. The summed E-state index contributed by atoms with van der Waals surface area (Å²) < 4.78 is 5.56. The highest BCUT2D eigenvalue weighted by Crippen LogP contribution is 2.28. The van der Waals surface area contributed by atoms with E-state index in [-0.39, 0.29) is 0 Å². The molecule has 0 fully saturated rings. The third kappa shape index (κ3) is 3.91. The molecule has 3 nitrogen and oxygen atoms in total. The van der Waals surface area contributed by atoms with Gasteiger partial charge in [-0.05, 0) is 36.6 Å². The van der Waals surface area contributed by atoms with Gasteiger partial charge < -0.3 is 15.4 Å². The lowest BCUT2D eigenvalue weighted by Crippen LogP contribution is -2.16. The minimum Gasteiger partial charge on any atom is -0.492 e. The Morgan fingerprint density at radius 2 is 1.67 bits per heavy atom. The van der Waals surface area contributed by atoms with Crippen LogP contribution in [0.1, 0.15) is 25.0 Å². The molecule has 0 spiro atoms. The average Bonchev–Trinajstić information content (AvgIpc) is 2.50. The summed E-state index contributed by atoms with van der Waals surface area (Å²) in [6.07, 6.45) is 1.08. The smallest absolute Gasteiger partial charge is 0.144 e. The Balaban J connectivity index is 2.11. The Labute approximate surface area is 127 Å². The van der Waals surface area contributed by atoms with Crippen molar-refractivity contribution in [1.29, 1.82) is 0 Å². The molecule has 0 bridgehead atoms. The molecule has 0 aliphatic heterocycles. The van der Waals surface area contributed by atoms with E-state index in [9.17, 15) is 0 Å². The lowest BCUT2D eigenvalue weighted by atomic mass is 10.1. The highest BCUT2D eigenvalue weighted by molar-refractivity contribution is 5.62. The van der Waals surface area contributed by atoms with Crippen molar-refractivity contribution in [3.05, 3.63) is 53.6 Å². The monoisotopic (exact) mass is 284 g/mol. The van der Waals surface area contributed by atoms with E-state index in [1.54, 1.807) is 0 Å². The van der Waals surface area contributed by atoms with Gasteiger partial charge in [-0.25, -0.2) is 0 Å². The van der Waals surface area contributed by atoms with E-state index in [4.69, 9.17) is 10.5 Å². The Morgan fingerprint density at radius 1 is 1.00 bits per heavy atom. The molecule has 0 aliphatic rings. The zero-order valence-electron chi connectivity index (χ0n) is 13.1. The molecule has 2 aromatic rings. The largest absolute Gasteiger partial charge is 0.492 e. The number of nitrogen functional groups attached to an aromatic ring is 1. The first-order valence-electron chi connectivity index (χ1n) is 7.45. The van der Waals surface area contributed by atoms with Crippen LogP contribution < -0.4 is 15.4 Å². The molecule has 0 saturated carbocycles. The third-order valence-electron chi connectivity index (χ3n) is 3.59. The molecule has 0 unspecified atom stereocenters. The van der Waals surface area contributed by atoms with E-state index < -0.39 is 0 Å². The second-order valence-corrected chi connectivity index (χ2v) is 5.18. The van der Waals surface area contributed by atoms with Gasteiger partial charge in [-0.15, -0.1) is 0 Å². The van der Waals surface area contributed by atoms with Gasteiger partial charge in [0.2, 0.25) is 0 Å². The van der Waals surface area contributed by atoms with Crippen molar-refractivity contribution in [1.82, 2.24) is 0 Å². The molecule has 2 N–H and O–H groups in total. The van der Waals surface area contributed by atoms with Crippen LogP contribution in [0.25, 0.3) is 0 Å². The Hall–Kier alpha value is -2.16. The van der Waals surface area contributed by atoms with Crippen LogP contribution in [0.15, 0.2) is 42.5 Å². The molecule has 3 heteroatoms. The fourth-order valence-corrected chi connectivity index (χ4v) is 2.29. The number of nitrogens with zero attached hydrogens (tertiary/aromatic N) is 1. The Bertz CT molecular complexity index is 578. The summed E-state index contributed by atoms with van der Waals surface area (Å²) >= 11 is 0. The summed E-state index contributed by atoms with van der Waals surface area (Å²) in [6.45, 7) is 5.62. The second-order valence-electron chi connectivity index (χ2n) is 5.18. The number of benzene rings is 2. The van der Waals surface area contributed by atoms with Crippen LogP contribution >= 0.6 is 0 Å². The van der Waals surface area contributed by atoms with E-state index in [1.165, 1.54) is 11.1 Å². The molecule has 2 rings (SSSR count). The lowest BCUT2D eigenvalue weighted by Gasteiger charge is -2.21. The van der Waals surface area contributed by atoms with Crippen molar-refractivity contribution >= 4 is 11.4 Å². The molecule has 0 atom stereocenters. The van der Waals surface area contributed by atoms with Gasteiger partial charge in [-0.1, -0.05) is 31.2 Å². The minimum absolute atomic E-state index is 0.621. The van der Waals surface area contributed by atoms with Crippen molar-refractivity contribution in [2.24, 2.45) is 0 Å². The molecular weight excluding hydrogens is 260 g/mol. The molecule has 0 aliphatic carbocycles. The summed E-state index contributed by atoms with van der Waals surface area (Å²) in [5, 5.41) is 0. The molecular formula is C18H24N2O. The van der Waals surface area contributed by atoms with Crippen LogP contribution in [0.5, 0.6) is 5.75 Å². The van der Waals surface area contributed by atoms with Gasteiger partial charge in [0.05, 0.1) is 12.3 Å². The van der Waals surface area contributed by atoms with E-state index in [0.717, 1.165) is 24.4 Å². The average molecular weight is 284 g/mol. The van der Waals surface area contributed by atoms with Gasteiger partial charge in [0.25, 0.3) is 0 Å². The molecule has 2 aromatic carbocycles. The van der Waals surface area contributed by atoms with Crippen molar-refractivity contribution in [2.75, 3.05) is 24.3 Å². The van der Waals surface area contributed by atoms with Gasteiger partial charge >= 0.3 is 0 Å². The fourth-order valence-electron chi connectivity index (χ4n) is 2.29. The quantitative estimate of drug-likeness (QED) is 0.818. The number of aryl methyl sites for hydroxylation is 1. The third-order valence-corrected chi connectivity index (χ3v) is 3.59. The van der Waals surface area contributed by atoms with E-state index in [1.807, 2.05) is 25.1 Å². The maximum atomic E-state index is 5.92. The number of nitrogens with two attached hydrogens (primary N) is 1. The summed E-state index contributed by atoms with van der Waals surface area (Å²) in [5.41, 5.74) is 10.4. The zero-order chi connectivity index (χ0) is 15.2. The number of hydrogen-bond acceptors (Lipinski definition) is 3. The van der Waals surface area contributed by atoms with Crippen molar-refractivity contribution < 1.29 is 4.74 Å². The molecule has 21 heavy (non-hydrogen) atoms. The van der Waals surface area contributed by atoms with E-state index in [0.29, 0.717) is 12.3 Å². The molecule has 0 radical (unpaired) electrons. The maximum absolute atomic E-state index is 5.92. The van der Waals surface area contributed by atoms with E-state index in [2.05, 4.69) is 43.1 Å². The SMILES string of the molecule is CCOc1cc(N(C)Cc2ccc(CC)cc2)ccc1N. The first-order chi connectivity index (χ1) is 10.1. The predicted octanol–water partition coefficient (Wildman–Crippen LogP) is 3.87. The molecule has 0 heterocycles. The molecule has 0 saturated heterocycles. The first-order valence-corrected chi connectivity index (χ1v) is 7.45. The zero-order valence-corrected chi connectivity index (χ0v) is 13.1. The first kappa shape index (κ1) is 15.2. The van der Waals surface area contributed by atoms with Crippen LogP contribution in [0, 0.1) is 0 Å². The van der Waals surface area contributed by atoms with Crippen LogP contribution in [0.3, 0.4) is 0 Å². The summed E-state index contributed by atoms with van der Waals surface area (Å²) in [5.74, 6) is 0.753. The van der Waals surface area contributed by atoms with Crippen LogP contribution in [-0.4, -0.2) is 13.7 Å². The summed E-state index contributed by atoms with van der Waals surface area (Å²) in [7, 11) is 2.08. The number of rotatable bonds is 6. The minimum atomic E-state index is 0.621.